The lowest BCUT2D eigenvalue weighted by Gasteiger charge is -1.99. The summed E-state index contributed by atoms with van der Waals surface area (Å²) in [5.74, 6) is 0.671. The topological polar surface area (TPSA) is 60.2 Å². The first-order valence-electron chi connectivity index (χ1n) is 3.88. The molecule has 0 bridgehead atoms. The van der Waals surface area contributed by atoms with E-state index in [1.807, 2.05) is 0 Å². The third kappa shape index (κ3) is 1.86. The van der Waals surface area contributed by atoms with Crippen molar-refractivity contribution >= 4 is 21.4 Å². The molecule has 4 nitrogen and oxygen atoms in total. The SMILES string of the molecule is O=S1(=O)CCC(c2ncc(Cl)o2)C1. The van der Waals surface area contributed by atoms with Crippen molar-refractivity contribution in [1.29, 1.82) is 0 Å². The summed E-state index contributed by atoms with van der Waals surface area (Å²) in [6.07, 6.45) is 1.97. The van der Waals surface area contributed by atoms with Gasteiger partial charge in [0.1, 0.15) is 0 Å². The van der Waals surface area contributed by atoms with Gasteiger partial charge in [-0.3, -0.25) is 0 Å². The average molecular weight is 222 g/mol. The number of hydrogen-bond donors (Lipinski definition) is 0. The predicted molar refractivity (Wildman–Crippen MR) is 47.5 cm³/mol. The van der Waals surface area contributed by atoms with Gasteiger partial charge in [0, 0.05) is 0 Å². The minimum atomic E-state index is -2.88. The van der Waals surface area contributed by atoms with Gasteiger partial charge in [-0.15, -0.1) is 0 Å². The fourth-order valence-electron chi connectivity index (χ4n) is 1.45. The number of halogens is 1. The highest BCUT2D eigenvalue weighted by Gasteiger charge is 2.32. The maximum absolute atomic E-state index is 11.1. The van der Waals surface area contributed by atoms with E-state index in [1.54, 1.807) is 0 Å². The van der Waals surface area contributed by atoms with Gasteiger partial charge in [0.15, 0.2) is 15.7 Å². The molecule has 2 heterocycles. The lowest BCUT2D eigenvalue weighted by molar-refractivity contribution is 0.462. The second-order valence-electron chi connectivity index (χ2n) is 3.10. The first-order valence-corrected chi connectivity index (χ1v) is 6.08. The predicted octanol–water partition coefficient (Wildman–Crippen LogP) is 1.23. The van der Waals surface area contributed by atoms with E-state index in [0.29, 0.717) is 12.3 Å². The van der Waals surface area contributed by atoms with Crippen LogP contribution in [0.1, 0.15) is 18.2 Å². The minimum absolute atomic E-state index is 0.113. The molecular formula is C7H8ClNO3S. The van der Waals surface area contributed by atoms with Crippen LogP contribution in [0.15, 0.2) is 10.6 Å². The maximum atomic E-state index is 11.1. The number of rotatable bonds is 1. The molecule has 0 amide bonds. The van der Waals surface area contributed by atoms with Crippen molar-refractivity contribution in [3.05, 3.63) is 17.3 Å². The lowest BCUT2D eigenvalue weighted by atomic mass is 10.1. The maximum Gasteiger partial charge on any atom is 0.213 e. The zero-order valence-corrected chi connectivity index (χ0v) is 8.31. The van der Waals surface area contributed by atoms with Crippen molar-refractivity contribution in [2.24, 2.45) is 0 Å². The molecule has 0 saturated carbocycles. The van der Waals surface area contributed by atoms with Crippen molar-refractivity contribution in [1.82, 2.24) is 4.98 Å². The molecule has 0 aliphatic carbocycles. The number of hydrogen-bond acceptors (Lipinski definition) is 4. The molecule has 72 valence electrons. The number of aromatic nitrogens is 1. The number of nitrogens with zero attached hydrogens (tertiary/aromatic N) is 1. The zero-order valence-electron chi connectivity index (χ0n) is 6.73. The van der Waals surface area contributed by atoms with Gasteiger partial charge in [-0.1, -0.05) is 0 Å². The Kier molecular flexibility index (Phi) is 2.08. The van der Waals surface area contributed by atoms with E-state index in [1.165, 1.54) is 6.20 Å². The molecule has 0 aromatic carbocycles. The molecule has 0 radical (unpaired) electrons. The third-order valence-electron chi connectivity index (χ3n) is 2.08. The molecule has 1 aliphatic heterocycles. The molecule has 1 aromatic rings. The second-order valence-corrected chi connectivity index (χ2v) is 5.70. The van der Waals surface area contributed by atoms with Gasteiger partial charge in [-0.25, -0.2) is 13.4 Å². The summed E-state index contributed by atoms with van der Waals surface area (Å²) in [6, 6.07) is 0. The monoisotopic (exact) mass is 221 g/mol. The quantitative estimate of drug-likeness (QED) is 0.716. The molecule has 1 aliphatic rings. The Morgan fingerprint density at radius 1 is 1.62 bits per heavy atom. The van der Waals surface area contributed by atoms with Crippen LogP contribution in [-0.4, -0.2) is 24.9 Å². The van der Waals surface area contributed by atoms with E-state index < -0.39 is 9.84 Å². The summed E-state index contributed by atoms with van der Waals surface area (Å²) in [5, 5.41) is 0.208. The van der Waals surface area contributed by atoms with Crippen LogP contribution in [0.3, 0.4) is 0 Å². The standard InChI is InChI=1S/C7H8ClNO3S/c8-6-3-9-7(12-6)5-1-2-13(10,11)4-5/h3,5H,1-2,4H2. The van der Waals surface area contributed by atoms with Crippen molar-refractivity contribution in [3.8, 4) is 0 Å². The molecule has 2 rings (SSSR count). The fourth-order valence-corrected chi connectivity index (χ4v) is 3.31. The molecule has 6 heteroatoms. The first-order chi connectivity index (χ1) is 6.07. The summed E-state index contributed by atoms with van der Waals surface area (Å²) in [5.41, 5.74) is 0. The smallest absolute Gasteiger partial charge is 0.213 e. The van der Waals surface area contributed by atoms with Crippen LogP contribution in [0.5, 0.6) is 0 Å². The Hall–Kier alpha value is -0.550. The van der Waals surface area contributed by atoms with Crippen LogP contribution >= 0.6 is 11.6 Å². The minimum Gasteiger partial charge on any atom is -0.429 e. The van der Waals surface area contributed by atoms with Crippen LogP contribution in [0, 0.1) is 0 Å². The fraction of sp³-hybridized carbons (Fsp3) is 0.571. The van der Waals surface area contributed by atoms with E-state index in [0.717, 1.165) is 0 Å². The Labute approximate surface area is 80.8 Å². The van der Waals surface area contributed by atoms with Crippen molar-refractivity contribution in [3.63, 3.8) is 0 Å². The third-order valence-corrected chi connectivity index (χ3v) is 4.02. The first kappa shape index (κ1) is 9.02. The highest BCUT2D eigenvalue weighted by molar-refractivity contribution is 7.91. The Morgan fingerprint density at radius 2 is 2.38 bits per heavy atom. The van der Waals surface area contributed by atoms with Crippen LogP contribution in [0.4, 0.5) is 0 Å². The molecule has 1 fully saturated rings. The molecule has 1 atom stereocenters. The van der Waals surface area contributed by atoms with Gasteiger partial charge in [0.2, 0.25) is 5.22 Å². The zero-order chi connectivity index (χ0) is 9.47. The number of sulfone groups is 1. The van der Waals surface area contributed by atoms with Crippen molar-refractivity contribution < 1.29 is 12.8 Å². The lowest BCUT2D eigenvalue weighted by Crippen LogP contribution is -2.03. The van der Waals surface area contributed by atoms with E-state index in [4.69, 9.17) is 16.0 Å². The molecular weight excluding hydrogens is 214 g/mol. The summed E-state index contributed by atoms with van der Waals surface area (Å²) in [4.78, 5) is 3.90. The Balaban J connectivity index is 2.21. The van der Waals surface area contributed by atoms with Gasteiger partial charge in [0.05, 0.1) is 23.6 Å². The molecule has 13 heavy (non-hydrogen) atoms. The summed E-state index contributed by atoms with van der Waals surface area (Å²) in [6.45, 7) is 0. The molecule has 0 N–H and O–H groups in total. The van der Waals surface area contributed by atoms with Crippen LogP contribution in [-0.2, 0) is 9.84 Å². The van der Waals surface area contributed by atoms with E-state index in [2.05, 4.69) is 4.98 Å². The average Bonchev–Trinajstić information content (AvgIpc) is 2.56. The highest BCUT2D eigenvalue weighted by atomic mass is 35.5. The highest BCUT2D eigenvalue weighted by Crippen LogP contribution is 2.29. The van der Waals surface area contributed by atoms with Gasteiger partial charge in [0.25, 0.3) is 0 Å². The Bertz CT molecular complexity index is 411. The Morgan fingerprint density at radius 3 is 2.85 bits per heavy atom. The van der Waals surface area contributed by atoms with Crippen LogP contribution < -0.4 is 0 Å². The van der Waals surface area contributed by atoms with Crippen molar-refractivity contribution in [2.45, 2.75) is 12.3 Å². The van der Waals surface area contributed by atoms with Gasteiger partial charge in [-0.2, -0.15) is 0 Å². The van der Waals surface area contributed by atoms with E-state index >= 15 is 0 Å². The summed E-state index contributed by atoms with van der Waals surface area (Å²) >= 11 is 5.53. The van der Waals surface area contributed by atoms with E-state index in [9.17, 15) is 8.42 Å². The van der Waals surface area contributed by atoms with E-state index in [-0.39, 0.29) is 22.6 Å². The van der Waals surface area contributed by atoms with Gasteiger partial charge >= 0.3 is 0 Å². The number of oxazole rings is 1. The molecule has 0 spiro atoms. The van der Waals surface area contributed by atoms with Gasteiger partial charge < -0.3 is 4.42 Å². The summed E-state index contributed by atoms with van der Waals surface area (Å²) < 4.78 is 27.3. The molecule has 1 unspecified atom stereocenters. The van der Waals surface area contributed by atoms with Crippen LogP contribution in [0.2, 0.25) is 5.22 Å². The molecule has 1 aromatic heterocycles. The summed E-state index contributed by atoms with van der Waals surface area (Å²) in [7, 11) is -2.88. The normalized spacial score (nSPS) is 26.4. The second kappa shape index (κ2) is 2.99. The largest absolute Gasteiger partial charge is 0.429 e. The molecule has 1 saturated heterocycles. The van der Waals surface area contributed by atoms with Crippen molar-refractivity contribution in [2.75, 3.05) is 11.5 Å². The van der Waals surface area contributed by atoms with Gasteiger partial charge in [-0.05, 0) is 18.0 Å². The van der Waals surface area contributed by atoms with Crippen LogP contribution in [0.25, 0.3) is 0 Å².